The van der Waals surface area contributed by atoms with Gasteiger partial charge in [-0.15, -0.1) is 0 Å². The molecular formula is C16H16FN3O2S. The van der Waals surface area contributed by atoms with Gasteiger partial charge in [-0.25, -0.2) is 9.19 Å². The lowest BCUT2D eigenvalue weighted by Gasteiger charge is -2.06. The van der Waals surface area contributed by atoms with Crippen LogP contribution >= 0.6 is 0 Å². The number of nitrogens with zero attached hydrogens (tertiary/aromatic N) is 2. The number of amides is 1. The number of benzene rings is 1. The summed E-state index contributed by atoms with van der Waals surface area (Å²) >= 11 is 0. The van der Waals surface area contributed by atoms with E-state index in [-0.39, 0.29) is 5.56 Å². The fourth-order valence-corrected chi connectivity index (χ4v) is 4.60. The van der Waals surface area contributed by atoms with E-state index in [2.05, 4.69) is 14.7 Å². The monoisotopic (exact) mass is 333 g/mol. The van der Waals surface area contributed by atoms with Gasteiger partial charge < -0.3 is 5.32 Å². The molecule has 2 heterocycles. The first-order chi connectivity index (χ1) is 11.0. The normalized spacial score (nSPS) is 16.0. The molecule has 3 rings (SSSR count). The first-order valence-corrected chi connectivity index (χ1v) is 9.15. The maximum atomic E-state index is 13.0. The summed E-state index contributed by atoms with van der Waals surface area (Å²) in [4.78, 5) is 15.4. The van der Waals surface area contributed by atoms with E-state index in [1.807, 2.05) is 0 Å². The van der Waals surface area contributed by atoms with Crippen molar-refractivity contribution in [1.82, 2.24) is 4.98 Å². The van der Waals surface area contributed by atoms with E-state index in [0.717, 1.165) is 18.9 Å². The van der Waals surface area contributed by atoms with Gasteiger partial charge in [0.1, 0.15) is 0 Å². The number of pyridine rings is 1. The van der Waals surface area contributed by atoms with Crippen molar-refractivity contribution >= 4 is 27.0 Å². The van der Waals surface area contributed by atoms with Gasteiger partial charge in [0.25, 0.3) is 5.91 Å². The molecule has 5 nitrogen and oxygen atoms in total. The van der Waals surface area contributed by atoms with Gasteiger partial charge in [-0.05, 0) is 43.2 Å². The topological polar surface area (TPSA) is 71.4 Å². The highest BCUT2D eigenvalue weighted by Crippen LogP contribution is 2.22. The maximum Gasteiger partial charge on any atom is 0.255 e. The second-order valence-electron chi connectivity index (χ2n) is 5.35. The number of hydrogen-bond acceptors (Lipinski definition) is 4. The minimum atomic E-state index is -2.10. The highest BCUT2D eigenvalue weighted by molar-refractivity contribution is 7.93. The first kappa shape index (κ1) is 15.6. The molecule has 120 valence electrons. The molecule has 23 heavy (non-hydrogen) atoms. The Balaban J connectivity index is 1.73. The van der Waals surface area contributed by atoms with E-state index in [4.69, 9.17) is 0 Å². The molecule has 7 heteroatoms. The summed E-state index contributed by atoms with van der Waals surface area (Å²) in [5.74, 6) is 0.183. The lowest BCUT2D eigenvalue weighted by atomic mass is 10.2. The molecule has 0 saturated carbocycles. The van der Waals surface area contributed by atoms with Crippen LogP contribution in [0.15, 0.2) is 47.0 Å². The fraction of sp³-hybridized carbons (Fsp3) is 0.250. The number of halogens is 1. The van der Waals surface area contributed by atoms with Crippen LogP contribution in [0.2, 0.25) is 0 Å². The molecule has 1 aliphatic rings. The van der Waals surface area contributed by atoms with Gasteiger partial charge in [0, 0.05) is 35.0 Å². The zero-order chi connectivity index (χ0) is 16.3. The molecule has 1 N–H and O–H groups in total. The Bertz CT molecular complexity index is 831. The Labute approximate surface area is 134 Å². The Morgan fingerprint density at radius 3 is 2.52 bits per heavy atom. The average Bonchev–Trinajstić information content (AvgIpc) is 2.95. The van der Waals surface area contributed by atoms with E-state index in [1.54, 1.807) is 24.3 Å². The van der Waals surface area contributed by atoms with Gasteiger partial charge in [0.2, 0.25) is 5.95 Å². The van der Waals surface area contributed by atoms with Gasteiger partial charge in [-0.1, -0.05) is 0 Å². The maximum absolute atomic E-state index is 13.0. The molecule has 1 aromatic carbocycles. The van der Waals surface area contributed by atoms with E-state index in [0.29, 0.717) is 22.9 Å². The highest BCUT2D eigenvalue weighted by Gasteiger charge is 2.16. The predicted molar refractivity (Wildman–Crippen MR) is 87.8 cm³/mol. The molecule has 1 amide bonds. The van der Waals surface area contributed by atoms with Crippen molar-refractivity contribution in [3.05, 3.63) is 54.1 Å². The number of rotatable bonds is 3. The second-order valence-corrected chi connectivity index (χ2v) is 7.89. The van der Waals surface area contributed by atoms with Crippen LogP contribution in [0.3, 0.4) is 0 Å². The molecule has 0 radical (unpaired) electrons. The van der Waals surface area contributed by atoms with Gasteiger partial charge in [0.05, 0.1) is 15.4 Å². The number of aromatic nitrogens is 1. The van der Waals surface area contributed by atoms with Crippen molar-refractivity contribution in [2.75, 3.05) is 16.8 Å². The minimum Gasteiger partial charge on any atom is -0.322 e. The van der Waals surface area contributed by atoms with E-state index < -0.39 is 21.6 Å². The third-order valence-corrected chi connectivity index (χ3v) is 5.96. The van der Waals surface area contributed by atoms with E-state index in [9.17, 15) is 13.4 Å². The first-order valence-electron chi connectivity index (χ1n) is 7.30. The minimum absolute atomic E-state index is 0.195. The van der Waals surface area contributed by atoms with Crippen molar-refractivity contribution in [1.29, 1.82) is 0 Å². The third kappa shape index (κ3) is 3.92. The summed E-state index contributed by atoms with van der Waals surface area (Å²) in [5.41, 5.74) is 1.40. The Morgan fingerprint density at radius 2 is 1.87 bits per heavy atom. The second kappa shape index (κ2) is 6.45. The number of anilines is 1. The number of carbonyl (C=O) groups excluding carboxylic acids is 1. The van der Waals surface area contributed by atoms with Crippen LogP contribution < -0.4 is 5.32 Å². The van der Waals surface area contributed by atoms with E-state index >= 15 is 0 Å². The number of nitrogens with one attached hydrogen (secondary N) is 1. The smallest absolute Gasteiger partial charge is 0.255 e. The summed E-state index contributed by atoms with van der Waals surface area (Å²) in [6, 6.07) is 9.32. The lowest BCUT2D eigenvalue weighted by Crippen LogP contribution is -2.12. The molecule has 1 saturated heterocycles. The van der Waals surface area contributed by atoms with Crippen molar-refractivity contribution in [3.8, 4) is 0 Å². The van der Waals surface area contributed by atoms with Gasteiger partial charge >= 0.3 is 0 Å². The van der Waals surface area contributed by atoms with Crippen molar-refractivity contribution in [2.45, 2.75) is 12.8 Å². The number of hydrogen-bond donors (Lipinski definition) is 1. The number of carbonyl (C=O) groups is 1. The predicted octanol–water partition coefficient (Wildman–Crippen LogP) is 3.37. The molecule has 0 unspecified atom stereocenters. The quantitative estimate of drug-likeness (QED) is 0.876. The van der Waals surface area contributed by atoms with E-state index in [1.165, 1.54) is 12.3 Å². The lowest BCUT2D eigenvalue weighted by molar-refractivity contribution is 0.102. The zero-order valence-corrected chi connectivity index (χ0v) is 13.2. The van der Waals surface area contributed by atoms with Crippen LogP contribution in [-0.2, 0) is 9.73 Å². The summed E-state index contributed by atoms with van der Waals surface area (Å²) in [7, 11) is -2.10. The highest BCUT2D eigenvalue weighted by atomic mass is 32.2. The average molecular weight is 333 g/mol. The van der Waals surface area contributed by atoms with Crippen LogP contribution in [-0.4, -0.2) is 26.6 Å². The zero-order valence-electron chi connectivity index (χ0n) is 12.4. The van der Waals surface area contributed by atoms with Crippen LogP contribution in [0.4, 0.5) is 15.8 Å². The SMILES string of the molecule is O=C(Nc1ccc(N=S2(=O)CCCC2)cc1)c1ccnc(F)c1. The molecule has 2 aromatic rings. The summed E-state index contributed by atoms with van der Waals surface area (Å²) in [6.07, 6.45) is 3.15. The molecule has 0 spiro atoms. The van der Waals surface area contributed by atoms with Gasteiger partial charge in [-0.2, -0.15) is 8.75 Å². The summed E-state index contributed by atoms with van der Waals surface area (Å²) < 4.78 is 29.7. The van der Waals surface area contributed by atoms with Crippen molar-refractivity contribution in [2.24, 2.45) is 4.36 Å². The summed E-state index contributed by atoms with van der Waals surface area (Å²) in [6.45, 7) is 0. The largest absolute Gasteiger partial charge is 0.322 e. The molecule has 0 atom stereocenters. The van der Waals surface area contributed by atoms with Crippen LogP contribution in [0.5, 0.6) is 0 Å². The van der Waals surface area contributed by atoms with Crippen LogP contribution in [0.25, 0.3) is 0 Å². The molecule has 1 aromatic heterocycles. The Kier molecular flexibility index (Phi) is 4.38. The molecule has 1 fully saturated rings. The van der Waals surface area contributed by atoms with Gasteiger partial charge in [-0.3, -0.25) is 4.79 Å². The molecule has 0 aliphatic carbocycles. The third-order valence-electron chi connectivity index (χ3n) is 3.56. The standard InChI is InChI=1S/C16H16FN3O2S/c17-15-11-12(7-8-18-15)16(21)19-13-3-5-14(6-4-13)20-23(22)9-1-2-10-23/h3-8,11H,1-2,9-10H2,(H,19,21). The van der Waals surface area contributed by atoms with Gasteiger partial charge in [0.15, 0.2) is 0 Å². The Morgan fingerprint density at radius 1 is 1.17 bits per heavy atom. The van der Waals surface area contributed by atoms with Crippen molar-refractivity contribution in [3.63, 3.8) is 0 Å². The van der Waals surface area contributed by atoms with Crippen molar-refractivity contribution < 1.29 is 13.4 Å². The van der Waals surface area contributed by atoms with Crippen LogP contribution in [0.1, 0.15) is 23.2 Å². The molecule has 1 aliphatic heterocycles. The Hall–Kier alpha value is -2.28. The summed E-state index contributed by atoms with van der Waals surface area (Å²) in [5, 5.41) is 2.67. The van der Waals surface area contributed by atoms with Crippen LogP contribution in [0, 0.1) is 5.95 Å². The molecule has 0 bridgehead atoms. The molecular weight excluding hydrogens is 317 g/mol. The fourth-order valence-electron chi connectivity index (χ4n) is 2.39.